The molecule has 2 aromatic rings. The Hall–Kier alpha value is -3.26. The van der Waals surface area contributed by atoms with Crippen molar-refractivity contribution >= 4 is 29.5 Å². The van der Waals surface area contributed by atoms with Crippen molar-refractivity contribution < 1.29 is 24.6 Å². The molecule has 176 valence electrons. The molecule has 1 aliphatic rings. The lowest BCUT2D eigenvalue weighted by Crippen LogP contribution is -2.51. The molecule has 33 heavy (non-hydrogen) atoms. The molecule has 8 nitrogen and oxygen atoms in total. The molecule has 9 heteroatoms. The van der Waals surface area contributed by atoms with Crippen LogP contribution in [0.15, 0.2) is 42.5 Å². The van der Waals surface area contributed by atoms with Crippen molar-refractivity contribution in [1.29, 1.82) is 0 Å². The van der Waals surface area contributed by atoms with E-state index in [2.05, 4.69) is 10.6 Å². The van der Waals surface area contributed by atoms with E-state index in [0.717, 1.165) is 10.5 Å². The van der Waals surface area contributed by atoms with Gasteiger partial charge in [0.15, 0.2) is 0 Å². The van der Waals surface area contributed by atoms with Gasteiger partial charge in [0.05, 0.1) is 0 Å². The third-order valence-electron chi connectivity index (χ3n) is 5.85. The van der Waals surface area contributed by atoms with Crippen LogP contribution >= 0.6 is 11.6 Å². The highest BCUT2D eigenvalue weighted by Gasteiger charge is 2.40. The summed E-state index contributed by atoms with van der Waals surface area (Å²) in [7, 11) is 0. The van der Waals surface area contributed by atoms with Gasteiger partial charge in [-0.25, -0.2) is 4.79 Å². The van der Waals surface area contributed by atoms with Crippen LogP contribution < -0.4 is 10.6 Å². The van der Waals surface area contributed by atoms with E-state index in [1.165, 1.54) is 6.92 Å². The van der Waals surface area contributed by atoms with E-state index in [9.17, 15) is 24.6 Å². The summed E-state index contributed by atoms with van der Waals surface area (Å²) in [5.41, 5.74) is 2.14. The van der Waals surface area contributed by atoms with Crippen molar-refractivity contribution in [3.05, 3.63) is 64.2 Å². The van der Waals surface area contributed by atoms with Crippen LogP contribution in [0.1, 0.15) is 30.0 Å². The predicted molar refractivity (Wildman–Crippen MR) is 124 cm³/mol. The standard InChI is InChI=1S/C24H28ClN3O5/c1-14-8-19(25)11-18(21(14)29)12-26-22(30)15(2)27-23(31)20-10-17(13-28(20)24(32)33)9-16-6-4-3-5-7-16/h3-8,11,15,17,20,29H,9-10,12-13H2,1-2H3,(H,26,30)(H,27,31)(H,32,33)/t15-,17-,20+/m0/s1. The van der Waals surface area contributed by atoms with Crippen LogP contribution in [0.3, 0.4) is 0 Å². The third-order valence-corrected chi connectivity index (χ3v) is 6.07. The number of hydrogen-bond donors (Lipinski definition) is 4. The maximum absolute atomic E-state index is 12.8. The lowest BCUT2D eigenvalue weighted by Gasteiger charge is -2.22. The van der Waals surface area contributed by atoms with E-state index in [1.807, 2.05) is 30.3 Å². The van der Waals surface area contributed by atoms with Gasteiger partial charge in [-0.2, -0.15) is 0 Å². The number of aromatic hydroxyl groups is 1. The molecule has 0 aliphatic carbocycles. The highest BCUT2D eigenvalue weighted by atomic mass is 35.5. The Balaban J connectivity index is 1.58. The number of aryl methyl sites for hydroxylation is 1. The zero-order chi connectivity index (χ0) is 24.1. The number of nitrogens with one attached hydrogen (secondary N) is 2. The largest absolute Gasteiger partial charge is 0.507 e. The molecule has 4 N–H and O–H groups in total. The van der Waals surface area contributed by atoms with Gasteiger partial charge in [-0.3, -0.25) is 14.5 Å². The Morgan fingerprint density at radius 2 is 1.91 bits per heavy atom. The van der Waals surface area contributed by atoms with E-state index in [1.54, 1.807) is 19.1 Å². The van der Waals surface area contributed by atoms with Gasteiger partial charge in [0.25, 0.3) is 0 Å². The number of hydrogen-bond acceptors (Lipinski definition) is 4. The topological polar surface area (TPSA) is 119 Å². The van der Waals surface area contributed by atoms with Crippen molar-refractivity contribution in [2.45, 2.75) is 45.3 Å². The molecule has 0 unspecified atom stereocenters. The molecular weight excluding hydrogens is 446 g/mol. The number of carbonyl (C=O) groups excluding carboxylic acids is 2. The van der Waals surface area contributed by atoms with Gasteiger partial charge in [-0.15, -0.1) is 0 Å². The minimum absolute atomic E-state index is 0.0115. The molecule has 1 aliphatic heterocycles. The molecule has 0 bridgehead atoms. The number of likely N-dealkylation sites (tertiary alicyclic amines) is 1. The molecule has 0 spiro atoms. The molecule has 1 heterocycles. The Kier molecular flexibility index (Phi) is 7.81. The van der Waals surface area contributed by atoms with Crippen LogP contribution in [0.25, 0.3) is 0 Å². The van der Waals surface area contributed by atoms with Gasteiger partial charge in [-0.05, 0) is 55.9 Å². The number of nitrogens with zero attached hydrogens (tertiary/aromatic N) is 1. The van der Waals surface area contributed by atoms with E-state index in [-0.39, 0.29) is 24.8 Å². The fourth-order valence-electron chi connectivity index (χ4n) is 4.13. The Bertz CT molecular complexity index is 1030. The third kappa shape index (κ3) is 6.16. The summed E-state index contributed by atoms with van der Waals surface area (Å²) in [6.07, 6.45) is -0.0982. The van der Waals surface area contributed by atoms with Crippen molar-refractivity contribution in [1.82, 2.24) is 15.5 Å². The highest BCUT2D eigenvalue weighted by molar-refractivity contribution is 6.30. The normalized spacial score (nSPS) is 18.6. The van der Waals surface area contributed by atoms with Crippen LogP contribution in [0, 0.1) is 12.8 Å². The summed E-state index contributed by atoms with van der Waals surface area (Å²) in [5.74, 6) is -0.903. The fourth-order valence-corrected chi connectivity index (χ4v) is 4.42. The van der Waals surface area contributed by atoms with Gasteiger partial charge in [0.1, 0.15) is 17.8 Å². The number of rotatable bonds is 7. The molecule has 3 atom stereocenters. The van der Waals surface area contributed by atoms with E-state index in [4.69, 9.17) is 11.6 Å². The number of benzene rings is 2. The number of amides is 3. The summed E-state index contributed by atoms with van der Waals surface area (Å²) in [4.78, 5) is 38.2. The summed E-state index contributed by atoms with van der Waals surface area (Å²) >= 11 is 6.01. The molecule has 0 radical (unpaired) electrons. The SMILES string of the molecule is Cc1cc(Cl)cc(CNC(=O)[C@H](C)NC(=O)[C@H]2C[C@H](Cc3ccccc3)CN2C(=O)O)c1O. The average Bonchev–Trinajstić information content (AvgIpc) is 3.20. The number of carboxylic acid groups (broad SMARTS) is 1. The average molecular weight is 474 g/mol. The molecule has 1 fully saturated rings. The van der Waals surface area contributed by atoms with Crippen molar-refractivity contribution in [3.8, 4) is 5.75 Å². The van der Waals surface area contributed by atoms with Crippen molar-refractivity contribution in [3.63, 3.8) is 0 Å². The zero-order valence-corrected chi connectivity index (χ0v) is 19.3. The molecule has 2 aromatic carbocycles. The van der Waals surface area contributed by atoms with Gasteiger partial charge in [0.2, 0.25) is 11.8 Å². The molecule has 1 saturated heterocycles. The number of carbonyl (C=O) groups is 3. The predicted octanol–water partition coefficient (Wildman–Crippen LogP) is 3.09. The fraction of sp³-hybridized carbons (Fsp3) is 0.375. The monoisotopic (exact) mass is 473 g/mol. The first-order chi connectivity index (χ1) is 15.7. The van der Waals surface area contributed by atoms with Gasteiger partial charge < -0.3 is 20.8 Å². The smallest absolute Gasteiger partial charge is 0.407 e. The van der Waals surface area contributed by atoms with E-state index >= 15 is 0 Å². The molecular formula is C24H28ClN3O5. The Morgan fingerprint density at radius 3 is 2.58 bits per heavy atom. The first kappa shape index (κ1) is 24.4. The summed E-state index contributed by atoms with van der Waals surface area (Å²) in [5, 5.41) is 25.4. The molecule has 0 saturated carbocycles. The van der Waals surface area contributed by atoms with Crippen LogP contribution in [0.2, 0.25) is 5.02 Å². The first-order valence-corrected chi connectivity index (χ1v) is 11.1. The van der Waals surface area contributed by atoms with Crippen LogP contribution in [-0.4, -0.2) is 51.6 Å². The number of phenols is 1. The van der Waals surface area contributed by atoms with E-state index < -0.39 is 30.0 Å². The van der Waals surface area contributed by atoms with Crippen molar-refractivity contribution in [2.75, 3.05) is 6.54 Å². The van der Waals surface area contributed by atoms with Crippen LogP contribution in [-0.2, 0) is 22.6 Å². The second kappa shape index (κ2) is 10.6. The van der Waals surface area contributed by atoms with Crippen LogP contribution in [0.5, 0.6) is 5.75 Å². The molecule has 3 rings (SSSR count). The minimum atomic E-state index is -1.16. The second-order valence-corrected chi connectivity index (χ2v) is 8.86. The van der Waals surface area contributed by atoms with Crippen LogP contribution in [0.4, 0.5) is 4.79 Å². The molecule has 3 amide bonds. The summed E-state index contributed by atoms with van der Waals surface area (Å²) in [6.45, 7) is 3.53. The first-order valence-electron chi connectivity index (χ1n) is 10.7. The Morgan fingerprint density at radius 1 is 1.21 bits per heavy atom. The summed E-state index contributed by atoms with van der Waals surface area (Å²) in [6, 6.07) is 11.2. The summed E-state index contributed by atoms with van der Waals surface area (Å²) < 4.78 is 0. The lowest BCUT2D eigenvalue weighted by atomic mass is 9.96. The highest BCUT2D eigenvalue weighted by Crippen LogP contribution is 2.27. The van der Waals surface area contributed by atoms with E-state index in [0.29, 0.717) is 29.0 Å². The van der Waals surface area contributed by atoms with Crippen molar-refractivity contribution in [2.24, 2.45) is 5.92 Å². The number of phenolic OH excluding ortho intramolecular Hbond substituents is 1. The van der Waals surface area contributed by atoms with Gasteiger partial charge >= 0.3 is 6.09 Å². The molecule has 0 aromatic heterocycles. The zero-order valence-electron chi connectivity index (χ0n) is 18.5. The second-order valence-electron chi connectivity index (χ2n) is 8.42. The minimum Gasteiger partial charge on any atom is -0.507 e. The van der Waals surface area contributed by atoms with Gasteiger partial charge in [-0.1, -0.05) is 41.9 Å². The van der Waals surface area contributed by atoms with Gasteiger partial charge in [0, 0.05) is 23.7 Å². The maximum atomic E-state index is 12.8. The Labute approximate surface area is 197 Å². The number of halogens is 1. The maximum Gasteiger partial charge on any atom is 0.407 e. The quantitative estimate of drug-likeness (QED) is 0.492. The lowest BCUT2D eigenvalue weighted by molar-refractivity contribution is -0.130.